The van der Waals surface area contributed by atoms with Gasteiger partial charge in [0.2, 0.25) is 0 Å². The summed E-state index contributed by atoms with van der Waals surface area (Å²) in [7, 11) is 0. The number of carbonyl (C=O) groups is 1. The van der Waals surface area contributed by atoms with E-state index in [1.165, 1.54) is 6.07 Å². The minimum absolute atomic E-state index is 0.0690. The number of rotatable bonds is 5. The Balaban J connectivity index is 2.83. The molecule has 0 atom stereocenters. The normalized spacial score (nSPS) is 11.6. The van der Waals surface area contributed by atoms with Gasteiger partial charge in [0.25, 0.3) is 11.6 Å². The number of hydrazone groups is 1. The maximum Gasteiger partial charge on any atom is 0.273 e. The number of aryl methyl sites for hydroxylation is 1. The predicted octanol–water partition coefficient (Wildman–Crippen LogP) is 3.06. The maximum absolute atomic E-state index is 11.9. The summed E-state index contributed by atoms with van der Waals surface area (Å²) in [6.07, 6.45) is 0.786. The second kappa shape index (κ2) is 6.79. The lowest BCUT2D eigenvalue weighted by molar-refractivity contribution is -0.385. The minimum atomic E-state index is -0.501. The number of nitrogens with zero attached hydrogens (tertiary/aromatic N) is 2. The highest BCUT2D eigenvalue weighted by molar-refractivity contribution is 5.95. The lowest BCUT2D eigenvalue weighted by Gasteiger charge is -2.05. The largest absolute Gasteiger partial charge is 0.273 e. The molecule has 1 amide bonds. The molecule has 1 N–H and O–H groups in total. The zero-order valence-corrected chi connectivity index (χ0v) is 12.1. The Kier molecular flexibility index (Phi) is 5.37. The van der Waals surface area contributed by atoms with Gasteiger partial charge in [-0.25, -0.2) is 5.43 Å². The third kappa shape index (κ3) is 4.46. The van der Waals surface area contributed by atoms with E-state index in [0.717, 1.165) is 12.1 Å². The van der Waals surface area contributed by atoms with E-state index in [-0.39, 0.29) is 11.3 Å². The number of carbonyl (C=O) groups excluding carboxylic acids is 1. The molecule has 0 aromatic heterocycles. The van der Waals surface area contributed by atoms with Crippen molar-refractivity contribution in [3.63, 3.8) is 0 Å². The quantitative estimate of drug-likeness (QED) is 0.510. The third-order valence-electron chi connectivity index (χ3n) is 2.72. The van der Waals surface area contributed by atoms with E-state index in [0.29, 0.717) is 11.5 Å². The summed E-state index contributed by atoms with van der Waals surface area (Å²) >= 11 is 0. The monoisotopic (exact) mass is 277 g/mol. The van der Waals surface area contributed by atoms with Crippen LogP contribution in [-0.2, 0) is 0 Å². The van der Waals surface area contributed by atoms with Gasteiger partial charge in [0.15, 0.2) is 0 Å². The van der Waals surface area contributed by atoms with Gasteiger partial charge >= 0.3 is 0 Å². The summed E-state index contributed by atoms with van der Waals surface area (Å²) in [5, 5.41) is 14.8. The molecule has 1 rings (SSSR count). The van der Waals surface area contributed by atoms with E-state index in [1.54, 1.807) is 19.1 Å². The zero-order chi connectivity index (χ0) is 15.3. The molecule has 0 bridgehead atoms. The van der Waals surface area contributed by atoms with Crippen LogP contribution in [0.4, 0.5) is 5.69 Å². The SMILES string of the molecule is C/C(CC(C)C)=N\NC(=O)c1ccc(C)c([N+](=O)[O-])c1. The maximum atomic E-state index is 11.9. The number of nitro groups is 1. The first-order chi connectivity index (χ1) is 9.31. The van der Waals surface area contributed by atoms with Crippen molar-refractivity contribution in [2.75, 3.05) is 0 Å². The molecule has 0 saturated carbocycles. The Bertz CT molecular complexity index is 551. The Morgan fingerprint density at radius 1 is 1.45 bits per heavy atom. The average molecular weight is 277 g/mol. The van der Waals surface area contributed by atoms with Crippen molar-refractivity contribution in [2.24, 2.45) is 11.0 Å². The molecule has 0 radical (unpaired) electrons. The molecule has 0 unspecified atom stereocenters. The van der Waals surface area contributed by atoms with E-state index in [9.17, 15) is 14.9 Å². The first-order valence-corrected chi connectivity index (χ1v) is 6.39. The van der Waals surface area contributed by atoms with Crippen molar-refractivity contribution in [2.45, 2.75) is 34.1 Å². The molecular formula is C14H19N3O3. The fraction of sp³-hybridized carbons (Fsp3) is 0.429. The van der Waals surface area contributed by atoms with E-state index in [2.05, 4.69) is 24.4 Å². The minimum Gasteiger partial charge on any atom is -0.267 e. The molecule has 20 heavy (non-hydrogen) atoms. The number of benzene rings is 1. The van der Waals surface area contributed by atoms with Crippen LogP contribution in [0, 0.1) is 23.0 Å². The molecule has 0 fully saturated rings. The Morgan fingerprint density at radius 3 is 2.65 bits per heavy atom. The van der Waals surface area contributed by atoms with Crippen molar-refractivity contribution < 1.29 is 9.72 Å². The van der Waals surface area contributed by atoms with Gasteiger partial charge in [0.1, 0.15) is 0 Å². The summed E-state index contributed by atoms with van der Waals surface area (Å²) in [5.41, 5.74) is 3.91. The van der Waals surface area contributed by atoms with Crippen LogP contribution in [0.5, 0.6) is 0 Å². The highest BCUT2D eigenvalue weighted by Gasteiger charge is 2.14. The van der Waals surface area contributed by atoms with Crippen molar-refractivity contribution in [3.05, 3.63) is 39.4 Å². The number of nitro benzene ring substituents is 1. The van der Waals surface area contributed by atoms with Crippen LogP contribution in [-0.4, -0.2) is 16.5 Å². The molecule has 1 aromatic rings. The molecule has 0 saturated heterocycles. The van der Waals surface area contributed by atoms with Gasteiger partial charge in [0.05, 0.1) is 4.92 Å². The van der Waals surface area contributed by atoms with Gasteiger partial charge in [-0.05, 0) is 32.3 Å². The van der Waals surface area contributed by atoms with Crippen LogP contribution in [0.15, 0.2) is 23.3 Å². The van der Waals surface area contributed by atoms with Crippen molar-refractivity contribution >= 4 is 17.3 Å². The van der Waals surface area contributed by atoms with Gasteiger partial charge < -0.3 is 0 Å². The number of amides is 1. The summed E-state index contributed by atoms with van der Waals surface area (Å²) in [5.74, 6) is 0.00678. The average Bonchev–Trinajstić information content (AvgIpc) is 2.35. The summed E-state index contributed by atoms with van der Waals surface area (Å²) in [4.78, 5) is 22.2. The van der Waals surface area contributed by atoms with E-state index >= 15 is 0 Å². The van der Waals surface area contributed by atoms with Crippen molar-refractivity contribution in [1.82, 2.24) is 5.43 Å². The molecule has 0 heterocycles. The van der Waals surface area contributed by atoms with Gasteiger partial charge in [-0.3, -0.25) is 14.9 Å². The standard InChI is InChI=1S/C14H19N3O3/c1-9(2)7-11(4)15-16-14(18)12-6-5-10(3)13(8-12)17(19)20/h5-6,8-9H,7H2,1-4H3,(H,16,18)/b15-11+. The summed E-state index contributed by atoms with van der Waals surface area (Å²) in [6.45, 7) is 7.58. The summed E-state index contributed by atoms with van der Waals surface area (Å²) in [6, 6.07) is 4.36. The first kappa shape index (κ1) is 15.8. The van der Waals surface area contributed by atoms with Gasteiger partial charge in [-0.2, -0.15) is 5.10 Å². The van der Waals surface area contributed by atoms with Crippen molar-refractivity contribution in [3.8, 4) is 0 Å². The molecule has 0 aliphatic carbocycles. The topological polar surface area (TPSA) is 84.6 Å². The lowest BCUT2D eigenvalue weighted by Crippen LogP contribution is -2.19. The molecule has 1 aromatic carbocycles. The van der Waals surface area contributed by atoms with Gasteiger partial charge in [-0.15, -0.1) is 0 Å². The van der Waals surface area contributed by atoms with Crippen LogP contribution in [0.2, 0.25) is 0 Å². The van der Waals surface area contributed by atoms with E-state index in [1.807, 2.05) is 6.92 Å². The Morgan fingerprint density at radius 2 is 2.10 bits per heavy atom. The van der Waals surface area contributed by atoms with Crippen LogP contribution < -0.4 is 5.43 Å². The fourth-order valence-corrected chi connectivity index (χ4v) is 1.79. The number of nitrogens with one attached hydrogen (secondary N) is 1. The summed E-state index contributed by atoms with van der Waals surface area (Å²) < 4.78 is 0. The second-order valence-corrected chi connectivity index (χ2v) is 5.14. The zero-order valence-electron chi connectivity index (χ0n) is 12.1. The van der Waals surface area contributed by atoms with Gasteiger partial charge in [-0.1, -0.05) is 19.9 Å². The molecule has 0 aliphatic heterocycles. The predicted molar refractivity (Wildman–Crippen MR) is 77.9 cm³/mol. The molecule has 6 nitrogen and oxygen atoms in total. The van der Waals surface area contributed by atoms with E-state index < -0.39 is 10.8 Å². The Labute approximate surface area is 118 Å². The van der Waals surface area contributed by atoms with Crippen LogP contribution >= 0.6 is 0 Å². The lowest BCUT2D eigenvalue weighted by atomic mass is 10.1. The molecule has 6 heteroatoms. The molecule has 108 valence electrons. The van der Waals surface area contributed by atoms with Crippen molar-refractivity contribution in [1.29, 1.82) is 0 Å². The molecule has 0 aliphatic rings. The highest BCUT2D eigenvalue weighted by Crippen LogP contribution is 2.19. The van der Waals surface area contributed by atoms with Crippen LogP contribution in [0.1, 0.15) is 43.1 Å². The Hall–Kier alpha value is -2.24. The van der Waals surface area contributed by atoms with Crippen LogP contribution in [0.3, 0.4) is 0 Å². The third-order valence-corrected chi connectivity index (χ3v) is 2.72. The second-order valence-electron chi connectivity index (χ2n) is 5.14. The molecular weight excluding hydrogens is 258 g/mol. The fourth-order valence-electron chi connectivity index (χ4n) is 1.79. The number of hydrogen-bond acceptors (Lipinski definition) is 4. The van der Waals surface area contributed by atoms with Gasteiger partial charge in [0, 0.05) is 22.9 Å². The number of hydrogen-bond donors (Lipinski definition) is 1. The van der Waals surface area contributed by atoms with E-state index in [4.69, 9.17) is 0 Å². The molecule has 0 spiro atoms. The van der Waals surface area contributed by atoms with Crippen LogP contribution in [0.25, 0.3) is 0 Å². The first-order valence-electron chi connectivity index (χ1n) is 6.39. The smallest absolute Gasteiger partial charge is 0.267 e. The highest BCUT2D eigenvalue weighted by atomic mass is 16.6.